The van der Waals surface area contributed by atoms with Crippen molar-refractivity contribution in [2.24, 2.45) is 0 Å². The molecule has 9 heteroatoms. The highest BCUT2D eigenvalue weighted by molar-refractivity contribution is 6.54. The molecule has 1 aliphatic heterocycles. The van der Waals surface area contributed by atoms with Crippen LogP contribution in [0.3, 0.4) is 0 Å². The number of carbonyl (C=O) groups is 1. The van der Waals surface area contributed by atoms with E-state index in [1.165, 1.54) is 12.1 Å². The summed E-state index contributed by atoms with van der Waals surface area (Å²) < 4.78 is 6.21. The van der Waals surface area contributed by atoms with Gasteiger partial charge in [-0.1, -0.05) is 88.9 Å². The fourth-order valence-electron chi connectivity index (χ4n) is 5.22. The SMILES string of the molecule is O=C(O)c1c(Cl)c(Cl)c(Cl)c(Cl)c1-c1c2c3c(c(=O)cc-2oc2c1C1C=CC=CC1=C(O)C=2)=CC=CC3. The largest absolute Gasteiger partial charge is 0.507 e. The zero-order chi connectivity index (χ0) is 26.2. The summed E-state index contributed by atoms with van der Waals surface area (Å²) in [5.74, 6) is -1.68. The molecule has 1 atom stereocenters. The van der Waals surface area contributed by atoms with Crippen molar-refractivity contribution < 1.29 is 19.4 Å². The molecule has 1 unspecified atom stereocenters. The molecule has 0 radical (unpaired) electrons. The summed E-state index contributed by atoms with van der Waals surface area (Å²) >= 11 is 25.9. The van der Waals surface area contributed by atoms with Crippen molar-refractivity contribution >= 4 is 64.5 Å². The first-order chi connectivity index (χ1) is 17.7. The zero-order valence-corrected chi connectivity index (χ0v) is 21.6. The standard InChI is InChI=1S/C28H14Cl4O5/c29-24-22(23(28(35)36)25(30)27(32)26(24)31)21-19-13-7-3-1-5-11(13)15(33)9-17(19)37-18-10-16(34)12-6-2-4-8-14(12)20(18)21/h1-7,9-10,13,33H,8H2,(H,35,36). The Morgan fingerprint density at radius 2 is 1.73 bits per heavy atom. The summed E-state index contributed by atoms with van der Waals surface area (Å²) in [5.41, 5.74) is 2.40. The average molecular weight is 572 g/mol. The van der Waals surface area contributed by atoms with E-state index in [0.29, 0.717) is 39.5 Å². The number of carboxylic acid groups (broad SMARTS) is 1. The lowest BCUT2D eigenvalue weighted by Crippen LogP contribution is -2.32. The smallest absolute Gasteiger partial charge is 0.337 e. The Labute approximate surface area is 229 Å². The minimum absolute atomic E-state index is 0.0135. The maximum Gasteiger partial charge on any atom is 0.337 e. The van der Waals surface area contributed by atoms with Crippen LogP contribution in [0.1, 0.15) is 27.4 Å². The Bertz CT molecular complexity index is 1860. The van der Waals surface area contributed by atoms with Gasteiger partial charge in [-0.2, -0.15) is 0 Å². The van der Waals surface area contributed by atoms with Gasteiger partial charge in [-0.25, -0.2) is 4.79 Å². The second kappa shape index (κ2) is 8.67. The van der Waals surface area contributed by atoms with Gasteiger partial charge < -0.3 is 14.6 Å². The van der Waals surface area contributed by atoms with Crippen LogP contribution in [0.25, 0.3) is 34.6 Å². The minimum Gasteiger partial charge on any atom is -0.507 e. The van der Waals surface area contributed by atoms with Gasteiger partial charge >= 0.3 is 5.97 Å². The number of fused-ring (bicyclic) bond motifs is 6. The van der Waals surface area contributed by atoms with Crippen molar-refractivity contribution in [2.75, 3.05) is 0 Å². The second-order valence-electron chi connectivity index (χ2n) is 8.71. The van der Waals surface area contributed by atoms with Crippen LogP contribution in [0.5, 0.6) is 0 Å². The average Bonchev–Trinajstić information content (AvgIpc) is 2.88. The lowest BCUT2D eigenvalue weighted by molar-refractivity contribution is 0.0698. The van der Waals surface area contributed by atoms with Crippen LogP contribution in [0.15, 0.2) is 63.1 Å². The number of aliphatic hydroxyl groups excluding tert-OH is 1. The van der Waals surface area contributed by atoms with Gasteiger partial charge in [0, 0.05) is 51.1 Å². The van der Waals surface area contributed by atoms with E-state index in [1.807, 2.05) is 18.2 Å². The van der Waals surface area contributed by atoms with Gasteiger partial charge in [-0.05, 0) is 12.0 Å². The molecule has 1 aromatic carbocycles. The summed E-state index contributed by atoms with van der Waals surface area (Å²) in [5, 5.41) is 20.8. The molecule has 5 nitrogen and oxygen atoms in total. The highest BCUT2D eigenvalue weighted by Crippen LogP contribution is 2.51. The molecular formula is C28H14Cl4O5. The zero-order valence-electron chi connectivity index (χ0n) is 18.6. The van der Waals surface area contributed by atoms with Crippen molar-refractivity contribution in [3.63, 3.8) is 0 Å². The molecule has 0 aromatic heterocycles. The molecule has 2 N–H and O–H groups in total. The minimum atomic E-state index is -1.36. The Morgan fingerprint density at radius 1 is 0.973 bits per heavy atom. The lowest BCUT2D eigenvalue weighted by Gasteiger charge is -2.29. The van der Waals surface area contributed by atoms with Crippen molar-refractivity contribution in [1.29, 1.82) is 0 Å². The maximum absolute atomic E-state index is 13.0. The number of hydrogen-bond acceptors (Lipinski definition) is 4. The normalized spacial score (nSPS) is 17.2. The van der Waals surface area contributed by atoms with Crippen LogP contribution in [0.4, 0.5) is 0 Å². The number of carboxylic acids is 1. The molecule has 4 aliphatic carbocycles. The first-order valence-electron chi connectivity index (χ1n) is 11.1. The summed E-state index contributed by atoms with van der Waals surface area (Å²) in [7, 11) is 0. The van der Waals surface area contributed by atoms with Gasteiger partial charge in [0.15, 0.2) is 5.43 Å². The van der Waals surface area contributed by atoms with Gasteiger partial charge in [-0.15, -0.1) is 0 Å². The first kappa shape index (κ1) is 24.1. The van der Waals surface area contributed by atoms with Crippen molar-refractivity contribution in [1.82, 2.24) is 0 Å². The van der Waals surface area contributed by atoms with Crippen LogP contribution >= 0.6 is 46.4 Å². The van der Waals surface area contributed by atoms with E-state index in [2.05, 4.69) is 0 Å². The number of allylic oxidation sites excluding steroid dienone is 8. The topological polar surface area (TPSA) is 87.7 Å². The van der Waals surface area contributed by atoms with Crippen LogP contribution < -0.4 is 16.1 Å². The number of benzene rings is 2. The summed E-state index contributed by atoms with van der Waals surface area (Å²) in [4.78, 5) is 25.6. The van der Waals surface area contributed by atoms with Gasteiger partial charge in [0.2, 0.25) is 0 Å². The van der Waals surface area contributed by atoms with E-state index in [1.54, 1.807) is 24.3 Å². The molecule has 0 saturated heterocycles. The molecule has 1 heterocycles. The Balaban J connectivity index is 1.93. The van der Waals surface area contributed by atoms with Crippen LogP contribution in [-0.2, 0) is 6.42 Å². The fraction of sp³-hybridized carbons (Fsp3) is 0.0714. The molecule has 184 valence electrons. The lowest BCUT2D eigenvalue weighted by atomic mass is 9.77. The molecule has 37 heavy (non-hydrogen) atoms. The quantitative estimate of drug-likeness (QED) is 0.273. The number of hydrogen-bond donors (Lipinski definition) is 2. The first-order valence-corrected chi connectivity index (χ1v) is 12.6. The van der Waals surface area contributed by atoms with E-state index in [0.717, 1.165) is 0 Å². The highest BCUT2D eigenvalue weighted by atomic mass is 35.5. The van der Waals surface area contributed by atoms with E-state index in [9.17, 15) is 19.8 Å². The van der Waals surface area contributed by atoms with Crippen molar-refractivity contribution in [3.8, 4) is 22.5 Å². The molecule has 0 amide bonds. The van der Waals surface area contributed by atoms with Gasteiger partial charge in [0.05, 0.1) is 25.7 Å². The predicted octanol–water partition coefficient (Wildman–Crippen LogP) is 6.43. The third-order valence-corrected chi connectivity index (χ3v) is 8.56. The number of aliphatic hydroxyl groups is 1. The molecule has 0 spiro atoms. The molecule has 1 aromatic rings. The molecule has 5 aliphatic rings. The second-order valence-corrected chi connectivity index (χ2v) is 10.2. The predicted molar refractivity (Wildman–Crippen MR) is 146 cm³/mol. The van der Waals surface area contributed by atoms with E-state index < -0.39 is 11.9 Å². The van der Waals surface area contributed by atoms with E-state index >= 15 is 0 Å². The summed E-state index contributed by atoms with van der Waals surface area (Å²) in [6, 6.07) is 1.35. The molecule has 0 fully saturated rings. The summed E-state index contributed by atoms with van der Waals surface area (Å²) in [6.07, 6.45) is 14.4. The maximum atomic E-state index is 13.0. The monoisotopic (exact) mass is 570 g/mol. The van der Waals surface area contributed by atoms with Gasteiger partial charge in [0.25, 0.3) is 0 Å². The Kier molecular flexibility index (Phi) is 5.66. The number of aromatic carboxylic acids is 1. The van der Waals surface area contributed by atoms with Crippen molar-refractivity contribution in [2.45, 2.75) is 12.3 Å². The van der Waals surface area contributed by atoms with Crippen molar-refractivity contribution in [3.05, 3.63) is 111 Å². The molecular weight excluding hydrogens is 558 g/mol. The molecule has 6 rings (SSSR count). The van der Waals surface area contributed by atoms with Crippen LogP contribution in [-0.4, -0.2) is 16.2 Å². The molecule has 0 saturated carbocycles. The van der Waals surface area contributed by atoms with Gasteiger partial charge in [-0.3, -0.25) is 4.79 Å². The fourth-order valence-corrected chi connectivity index (χ4v) is 6.25. The van der Waals surface area contributed by atoms with E-state index in [4.69, 9.17) is 50.8 Å². The van der Waals surface area contributed by atoms with Crippen LogP contribution in [0.2, 0.25) is 20.1 Å². The Morgan fingerprint density at radius 3 is 2.49 bits per heavy atom. The third kappa shape index (κ3) is 3.46. The van der Waals surface area contributed by atoms with E-state index in [-0.39, 0.29) is 53.6 Å². The third-order valence-electron chi connectivity index (χ3n) is 6.76. The van der Waals surface area contributed by atoms with Gasteiger partial charge in [0.1, 0.15) is 16.9 Å². The summed E-state index contributed by atoms with van der Waals surface area (Å²) in [6.45, 7) is 0. The number of halogens is 4. The van der Waals surface area contributed by atoms with Crippen LogP contribution in [0, 0.1) is 0 Å². The highest BCUT2D eigenvalue weighted by Gasteiger charge is 2.36. The number of rotatable bonds is 2. The molecule has 0 bridgehead atoms. The Hall–Kier alpha value is -3.22.